The van der Waals surface area contributed by atoms with E-state index in [4.69, 9.17) is 4.74 Å². The molecule has 4 rings (SSSR count). The summed E-state index contributed by atoms with van der Waals surface area (Å²) in [7, 11) is 0. The van der Waals surface area contributed by atoms with E-state index in [-0.39, 0.29) is 18.5 Å². The first-order valence-corrected chi connectivity index (χ1v) is 9.51. The average molecular weight is 396 g/mol. The Balaban J connectivity index is 0.00000225. The number of benzene rings is 3. The summed E-state index contributed by atoms with van der Waals surface area (Å²) in [5, 5.41) is 15.2. The second-order valence-corrected chi connectivity index (χ2v) is 7.05. The summed E-state index contributed by atoms with van der Waals surface area (Å²) in [5.41, 5.74) is 3.22. The van der Waals surface area contributed by atoms with E-state index in [2.05, 4.69) is 29.6 Å². The maximum atomic E-state index is 11.9. The number of morpholine rings is 1. The molecule has 146 valence electrons. The summed E-state index contributed by atoms with van der Waals surface area (Å²) in [6.07, 6.45) is 0.200. The summed E-state index contributed by atoms with van der Waals surface area (Å²) in [5.74, 6) is 0. The van der Waals surface area contributed by atoms with Crippen molar-refractivity contribution in [2.75, 3.05) is 19.7 Å². The topological polar surface area (TPSA) is 41.5 Å². The largest absolute Gasteiger partial charge is 0.382 e. The quantitative estimate of drug-likeness (QED) is 0.680. The predicted molar refractivity (Wildman–Crippen MR) is 116 cm³/mol. The zero-order valence-corrected chi connectivity index (χ0v) is 16.6. The summed E-state index contributed by atoms with van der Waals surface area (Å²) in [6, 6.07) is 28.5. The standard InChI is InChI=1S/C24H25NO2.ClH/c26-24(21-12-5-2-6-13-21,23-18-25-15-16-27-23)17-20-11-7-8-14-22(20)19-9-3-1-4-10-19;/h1-14,23,25-26H,15-18H2;1H/t23-,24+;/m1./s1. The first-order valence-electron chi connectivity index (χ1n) is 9.51. The molecule has 2 atom stereocenters. The maximum Gasteiger partial charge on any atom is 0.121 e. The van der Waals surface area contributed by atoms with Crippen LogP contribution in [0.4, 0.5) is 0 Å². The molecule has 28 heavy (non-hydrogen) atoms. The Labute approximate surface area is 172 Å². The lowest BCUT2D eigenvalue weighted by atomic mass is 9.80. The lowest BCUT2D eigenvalue weighted by Crippen LogP contribution is -2.52. The van der Waals surface area contributed by atoms with Gasteiger partial charge in [-0.25, -0.2) is 0 Å². The smallest absolute Gasteiger partial charge is 0.121 e. The Kier molecular flexibility index (Phi) is 6.87. The van der Waals surface area contributed by atoms with Crippen LogP contribution in [-0.2, 0) is 16.8 Å². The van der Waals surface area contributed by atoms with Crippen LogP contribution in [0.5, 0.6) is 0 Å². The van der Waals surface area contributed by atoms with Crippen LogP contribution < -0.4 is 5.32 Å². The van der Waals surface area contributed by atoms with Crippen molar-refractivity contribution in [1.29, 1.82) is 0 Å². The van der Waals surface area contributed by atoms with Gasteiger partial charge in [0, 0.05) is 19.5 Å². The minimum atomic E-state index is -1.10. The van der Waals surface area contributed by atoms with E-state index >= 15 is 0 Å². The molecule has 0 amide bonds. The van der Waals surface area contributed by atoms with Crippen LogP contribution in [0.15, 0.2) is 84.9 Å². The molecular weight excluding hydrogens is 370 g/mol. The molecule has 0 saturated carbocycles. The summed E-state index contributed by atoms with van der Waals surface area (Å²) in [4.78, 5) is 0. The number of hydrogen-bond acceptors (Lipinski definition) is 3. The molecule has 2 N–H and O–H groups in total. The molecule has 3 nitrogen and oxygen atoms in total. The first-order chi connectivity index (χ1) is 13.3. The number of rotatable bonds is 5. The van der Waals surface area contributed by atoms with E-state index in [0.717, 1.165) is 28.8 Å². The number of ether oxygens (including phenoxy) is 1. The van der Waals surface area contributed by atoms with Crippen molar-refractivity contribution in [3.8, 4) is 11.1 Å². The predicted octanol–water partition coefficient (Wildman–Crippen LogP) is 4.19. The van der Waals surface area contributed by atoms with Gasteiger partial charge < -0.3 is 15.2 Å². The van der Waals surface area contributed by atoms with Crippen LogP contribution in [-0.4, -0.2) is 30.9 Å². The van der Waals surface area contributed by atoms with Crippen LogP contribution in [0.2, 0.25) is 0 Å². The number of aliphatic hydroxyl groups is 1. The van der Waals surface area contributed by atoms with Gasteiger partial charge in [-0.15, -0.1) is 12.4 Å². The number of nitrogens with one attached hydrogen (secondary N) is 1. The van der Waals surface area contributed by atoms with Crippen LogP contribution in [0.3, 0.4) is 0 Å². The summed E-state index contributed by atoms with van der Waals surface area (Å²) >= 11 is 0. The zero-order chi connectivity index (χ0) is 18.5. The molecule has 1 aliphatic heterocycles. The van der Waals surface area contributed by atoms with E-state index in [0.29, 0.717) is 19.6 Å². The third-order valence-corrected chi connectivity index (χ3v) is 5.30. The molecule has 1 heterocycles. The number of hydrogen-bond donors (Lipinski definition) is 2. The van der Waals surface area contributed by atoms with Crippen molar-refractivity contribution in [3.63, 3.8) is 0 Å². The monoisotopic (exact) mass is 395 g/mol. The van der Waals surface area contributed by atoms with Gasteiger partial charge in [-0.2, -0.15) is 0 Å². The summed E-state index contributed by atoms with van der Waals surface area (Å²) < 4.78 is 6.00. The van der Waals surface area contributed by atoms with Crippen molar-refractivity contribution in [1.82, 2.24) is 5.32 Å². The Bertz CT molecular complexity index is 866. The molecule has 1 aliphatic rings. The van der Waals surface area contributed by atoms with Gasteiger partial charge in [-0.3, -0.25) is 0 Å². The molecule has 0 aromatic heterocycles. The number of halogens is 1. The molecule has 4 heteroatoms. The van der Waals surface area contributed by atoms with Crippen LogP contribution in [0.25, 0.3) is 11.1 Å². The molecule has 1 saturated heterocycles. The van der Waals surface area contributed by atoms with Crippen molar-refractivity contribution < 1.29 is 9.84 Å². The molecule has 0 radical (unpaired) electrons. The molecule has 0 aliphatic carbocycles. The fourth-order valence-corrected chi connectivity index (χ4v) is 3.86. The van der Waals surface area contributed by atoms with Crippen molar-refractivity contribution >= 4 is 12.4 Å². The normalized spacial score (nSPS) is 18.7. The highest BCUT2D eigenvalue weighted by Crippen LogP contribution is 2.35. The van der Waals surface area contributed by atoms with Crippen LogP contribution >= 0.6 is 12.4 Å². The van der Waals surface area contributed by atoms with Gasteiger partial charge in [0.2, 0.25) is 0 Å². The van der Waals surface area contributed by atoms with Gasteiger partial charge >= 0.3 is 0 Å². The fourth-order valence-electron chi connectivity index (χ4n) is 3.86. The fraction of sp³-hybridized carbons (Fsp3) is 0.250. The van der Waals surface area contributed by atoms with Crippen LogP contribution in [0.1, 0.15) is 11.1 Å². The van der Waals surface area contributed by atoms with Gasteiger partial charge in [-0.1, -0.05) is 84.9 Å². The van der Waals surface area contributed by atoms with E-state index in [1.165, 1.54) is 0 Å². The van der Waals surface area contributed by atoms with Gasteiger partial charge in [0.15, 0.2) is 0 Å². The van der Waals surface area contributed by atoms with Gasteiger partial charge in [0.05, 0.1) is 6.61 Å². The maximum absolute atomic E-state index is 11.9. The Hall–Kier alpha value is -2.17. The highest BCUT2D eigenvalue weighted by Gasteiger charge is 2.40. The van der Waals surface area contributed by atoms with E-state index in [1.54, 1.807) is 0 Å². The van der Waals surface area contributed by atoms with Gasteiger partial charge in [0.25, 0.3) is 0 Å². The van der Waals surface area contributed by atoms with E-state index < -0.39 is 5.60 Å². The SMILES string of the molecule is Cl.O[C@@](Cc1ccccc1-c1ccccc1)(c1ccccc1)[C@H]1CNCCO1. The second-order valence-electron chi connectivity index (χ2n) is 7.05. The minimum Gasteiger partial charge on any atom is -0.382 e. The van der Waals surface area contributed by atoms with Gasteiger partial charge in [0.1, 0.15) is 11.7 Å². The lowest BCUT2D eigenvalue weighted by Gasteiger charge is -2.39. The molecule has 1 fully saturated rings. The van der Waals surface area contributed by atoms with Crippen molar-refractivity contribution in [2.45, 2.75) is 18.1 Å². The highest BCUT2D eigenvalue weighted by atomic mass is 35.5. The first kappa shape index (κ1) is 20.6. The molecule has 0 spiro atoms. The molecule has 0 bridgehead atoms. The lowest BCUT2D eigenvalue weighted by molar-refractivity contribution is -0.124. The van der Waals surface area contributed by atoms with Crippen molar-refractivity contribution in [2.24, 2.45) is 0 Å². The van der Waals surface area contributed by atoms with Crippen molar-refractivity contribution in [3.05, 3.63) is 96.1 Å². The Morgan fingerprint density at radius 1 is 0.893 bits per heavy atom. The van der Waals surface area contributed by atoms with Gasteiger partial charge in [-0.05, 0) is 22.3 Å². The third kappa shape index (κ3) is 4.29. The molecular formula is C24H26ClNO2. The highest BCUT2D eigenvalue weighted by molar-refractivity contribution is 5.85. The molecule has 3 aromatic carbocycles. The second kappa shape index (κ2) is 9.35. The van der Waals surface area contributed by atoms with E-state index in [1.807, 2.05) is 60.7 Å². The Morgan fingerprint density at radius 2 is 1.54 bits per heavy atom. The minimum absolute atomic E-state index is 0. The third-order valence-electron chi connectivity index (χ3n) is 5.30. The van der Waals surface area contributed by atoms with E-state index in [9.17, 15) is 5.11 Å². The Morgan fingerprint density at radius 3 is 2.21 bits per heavy atom. The molecule has 0 unspecified atom stereocenters. The summed E-state index contributed by atoms with van der Waals surface area (Å²) in [6.45, 7) is 2.07. The molecule has 3 aromatic rings. The van der Waals surface area contributed by atoms with Crippen LogP contribution in [0, 0.1) is 0 Å². The average Bonchev–Trinajstić information content (AvgIpc) is 2.76. The zero-order valence-electron chi connectivity index (χ0n) is 15.8.